The summed E-state index contributed by atoms with van der Waals surface area (Å²) in [6, 6.07) is 11.0. The topological polar surface area (TPSA) is 44.8 Å². The monoisotopic (exact) mass is 317 g/mol. The first kappa shape index (κ1) is 16.3. The third kappa shape index (κ3) is 4.45. The summed E-state index contributed by atoms with van der Waals surface area (Å²) >= 11 is 0. The smallest absolute Gasteiger partial charge is 0.317 e. The van der Waals surface area contributed by atoms with Crippen LogP contribution in [-0.4, -0.2) is 61.3 Å². The minimum absolute atomic E-state index is 0.0343. The molecule has 0 spiro atoms. The molecule has 2 amide bonds. The van der Waals surface area contributed by atoms with Gasteiger partial charge in [-0.2, -0.15) is 0 Å². The summed E-state index contributed by atoms with van der Waals surface area (Å²) < 4.78 is 5.37. The van der Waals surface area contributed by atoms with Gasteiger partial charge in [0.05, 0.1) is 12.6 Å². The Bertz CT molecular complexity index is 502. The third-order valence-corrected chi connectivity index (χ3v) is 4.86. The van der Waals surface area contributed by atoms with Crippen LogP contribution in [0, 0.1) is 0 Å². The van der Waals surface area contributed by atoms with E-state index < -0.39 is 0 Å². The number of rotatable bonds is 4. The average Bonchev–Trinajstić information content (AvgIpc) is 3.10. The largest absolute Gasteiger partial charge is 0.379 e. The van der Waals surface area contributed by atoms with Crippen LogP contribution in [0.3, 0.4) is 0 Å². The van der Waals surface area contributed by atoms with Crippen LogP contribution in [0.25, 0.3) is 0 Å². The molecule has 2 aliphatic rings. The van der Waals surface area contributed by atoms with E-state index in [0.29, 0.717) is 6.61 Å². The quantitative estimate of drug-likeness (QED) is 0.925. The summed E-state index contributed by atoms with van der Waals surface area (Å²) in [6.45, 7) is 4.41. The third-order valence-electron chi connectivity index (χ3n) is 4.86. The lowest BCUT2D eigenvalue weighted by molar-refractivity contribution is 0.146. The van der Waals surface area contributed by atoms with Gasteiger partial charge in [0.25, 0.3) is 0 Å². The summed E-state index contributed by atoms with van der Waals surface area (Å²) in [5.74, 6) is 0. The van der Waals surface area contributed by atoms with Crippen LogP contribution in [0.15, 0.2) is 30.3 Å². The number of carbonyl (C=O) groups excluding carboxylic acids is 1. The Balaban J connectivity index is 1.49. The maximum atomic E-state index is 12.4. The highest BCUT2D eigenvalue weighted by molar-refractivity contribution is 5.74. The van der Waals surface area contributed by atoms with Crippen molar-refractivity contribution in [1.29, 1.82) is 0 Å². The van der Waals surface area contributed by atoms with E-state index in [2.05, 4.69) is 34.5 Å². The molecule has 0 bridgehead atoms. The lowest BCUT2D eigenvalue weighted by atomic mass is 10.0. The molecule has 126 valence electrons. The fourth-order valence-electron chi connectivity index (χ4n) is 3.43. The lowest BCUT2D eigenvalue weighted by Gasteiger charge is -2.34. The number of nitrogens with zero attached hydrogens (tertiary/aromatic N) is 2. The van der Waals surface area contributed by atoms with Gasteiger partial charge >= 0.3 is 6.03 Å². The van der Waals surface area contributed by atoms with Gasteiger partial charge in [-0.25, -0.2) is 4.79 Å². The minimum Gasteiger partial charge on any atom is -0.379 e. The molecule has 3 rings (SSSR count). The van der Waals surface area contributed by atoms with Gasteiger partial charge < -0.3 is 15.0 Å². The highest BCUT2D eigenvalue weighted by Crippen LogP contribution is 2.15. The fraction of sp³-hybridized carbons (Fsp3) is 0.611. The molecule has 1 aromatic rings. The van der Waals surface area contributed by atoms with Crippen LogP contribution in [0.4, 0.5) is 4.79 Å². The van der Waals surface area contributed by atoms with Gasteiger partial charge in [-0.15, -0.1) is 0 Å². The number of nitrogens with one attached hydrogen (secondary N) is 1. The summed E-state index contributed by atoms with van der Waals surface area (Å²) in [7, 11) is 1.87. The van der Waals surface area contributed by atoms with Crippen molar-refractivity contribution in [1.82, 2.24) is 15.1 Å². The molecule has 23 heavy (non-hydrogen) atoms. The summed E-state index contributed by atoms with van der Waals surface area (Å²) in [6.07, 6.45) is 3.13. The van der Waals surface area contributed by atoms with Gasteiger partial charge in [-0.1, -0.05) is 30.3 Å². The summed E-state index contributed by atoms with van der Waals surface area (Å²) in [5, 5.41) is 3.20. The maximum Gasteiger partial charge on any atom is 0.317 e. The van der Waals surface area contributed by atoms with Gasteiger partial charge in [0.1, 0.15) is 0 Å². The standard InChI is InChI=1S/C18H27N3O2/c1-20(17-9-11-23-14-17)18(22)19-16-8-5-10-21(13-16)12-15-6-3-2-4-7-15/h2-4,6-7,16-17H,5,8-14H2,1H3,(H,19,22)/t16-,17+/m1/s1. The van der Waals surface area contributed by atoms with Gasteiger partial charge in [0, 0.05) is 32.8 Å². The molecular weight excluding hydrogens is 290 g/mol. The number of likely N-dealkylation sites (tertiary alicyclic amines) is 1. The number of amides is 2. The number of likely N-dealkylation sites (N-methyl/N-ethyl adjacent to an activating group) is 1. The molecule has 0 aromatic heterocycles. The van der Waals surface area contributed by atoms with Crippen molar-refractivity contribution >= 4 is 6.03 Å². The number of hydrogen-bond donors (Lipinski definition) is 1. The Morgan fingerprint density at radius 3 is 2.91 bits per heavy atom. The number of hydrogen-bond acceptors (Lipinski definition) is 3. The van der Waals surface area contributed by atoms with Crippen LogP contribution in [0.5, 0.6) is 0 Å². The number of ether oxygens (including phenoxy) is 1. The number of piperidine rings is 1. The van der Waals surface area contributed by atoms with Gasteiger partial charge in [-0.3, -0.25) is 4.90 Å². The van der Waals surface area contributed by atoms with E-state index in [1.807, 2.05) is 18.0 Å². The Hall–Kier alpha value is -1.59. The van der Waals surface area contributed by atoms with Crippen molar-refractivity contribution in [2.75, 3.05) is 33.4 Å². The van der Waals surface area contributed by atoms with Gasteiger partial charge in [0.2, 0.25) is 0 Å². The summed E-state index contributed by atoms with van der Waals surface area (Å²) in [5.41, 5.74) is 1.33. The van der Waals surface area contributed by atoms with E-state index in [1.165, 1.54) is 5.56 Å². The second-order valence-electron chi connectivity index (χ2n) is 6.64. The predicted octanol–water partition coefficient (Wildman–Crippen LogP) is 2.08. The second kappa shape index (κ2) is 7.79. The zero-order chi connectivity index (χ0) is 16.1. The van der Waals surface area contributed by atoms with Crippen LogP contribution >= 0.6 is 0 Å². The molecule has 2 heterocycles. The first-order chi connectivity index (χ1) is 11.2. The highest BCUT2D eigenvalue weighted by Gasteiger charge is 2.27. The van der Waals surface area contributed by atoms with Gasteiger partial charge in [0.15, 0.2) is 0 Å². The molecule has 0 aliphatic carbocycles. The van der Waals surface area contributed by atoms with Crippen LogP contribution < -0.4 is 5.32 Å². The Labute approximate surface area is 138 Å². The van der Waals surface area contributed by atoms with Crippen molar-refractivity contribution in [3.05, 3.63) is 35.9 Å². The molecule has 5 nitrogen and oxygen atoms in total. The van der Waals surface area contributed by atoms with E-state index in [1.54, 1.807) is 0 Å². The van der Waals surface area contributed by atoms with E-state index in [0.717, 1.165) is 45.5 Å². The molecule has 2 saturated heterocycles. The molecule has 2 atom stereocenters. The second-order valence-corrected chi connectivity index (χ2v) is 6.64. The molecular formula is C18H27N3O2. The van der Waals surface area contributed by atoms with Crippen LogP contribution in [-0.2, 0) is 11.3 Å². The SMILES string of the molecule is CN(C(=O)N[C@@H]1CCCN(Cc2ccccc2)C1)[C@H]1CCOC1. The molecule has 1 N–H and O–H groups in total. The first-order valence-corrected chi connectivity index (χ1v) is 8.60. The number of carbonyl (C=O) groups is 1. The zero-order valence-electron chi connectivity index (χ0n) is 13.9. The molecule has 0 radical (unpaired) electrons. The van der Waals surface area contributed by atoms with Crippen molar-refractivity contribution in [2.45, 2.75) is 37.9 Å². The van der Waals surface area contributed by atoms with Crippen molar-refractivity contribution in [2.24, 2.45) is 0 Å². The van der Waals surface area contributed by atoms with Gasteiger partial charge in [-0.05, 0) is 31.4 Å². The Morgan fingerprint density at radius 2 is 2.17 bits per heavy atom. The maximum absolute atomic E-state index is 12.4. The highest BCUT2D eigenvalue weighted by atomic mass is 16.5. The van der Waals surface area contributed by atoms with E-state index in [4.69, 9.17) is 4.74 Å². The molecule has 2 fully saturated rings. The normalized spacial score (nSPS) is 25.3. The number of benzene rings is 1. The van der Waals surface area contributed by atoms with Crippen molar-refractivity contribution in [3.8, 4) is 0 Å². The Morgan fingerprint density at radius 1 is 1.35 bits per heavy atom. The predicted molar refractivity (Wildman–Crippen MR) is 90.3 cm³/mol. The fourth-order valence-corrected chi connectivity index (χ4v) is 3.43. The zero-order valence-corrected chi connectivity index (χ0v) is 13.9. The van der Waals surface area contributed by atoms with E-state index >= 15 is 0 Å². The Kier molecular flexibility index (Phi) is 5.51. The van der Waals surface area contributed by atoms with E-state index in [9.17, 15) is 4.79 Å². The molecule has 0 saturated carbocycles. The first-order valence-electron chi connectivity index (χ1n) is 8.60. The van der Waals surface area contributed by atoms with Crippen molar-refractivity contribution < 1.29 is 9.53 Å². The van der Waals surface area contributed by atoms with Crippen LogP contribution in [0.1, 0.15) is 24.8 Å². The molecule has 2 aliphatic heterocycles. The van der Waals surface area contributed by atoms with Crippen molar-refractivity contribution in [3.63, 3.8) is 0 Å². The van der Waals surface area contributed by atoms with Crippen LogP contribution in [0.2, 0.25) is 0 Å². The molecule has 1 aromatic carbocycles. The summed E-state index contributed by atoms with van der Waals surface area (Å²) in [4.78, 5) is 16.6. The minimum atomic E-state index is 0.0343. The van der Waals surface area contributed by atoms with E-state index in [-0.39, 0.29) is 18.1 Å². The number of urea groups is 1. The average molecular weight is 317 g/mol. The molecule has 5 heteroatoms. The molecule has 0 unspecified atom stereocenters. The lowest BCUT2D eigenvalue weighted by Crippen LogP contribution is -2.52.